The predicted octanol–water partition coefficient (Wildman–Crippen LogP) is 6.21. The van der Waals surface area contributed by atoms with Gasteiger partial charge in [0.2, 0.25) is 0 Å². The quantitative estimate of drug-likeness (QED) is 0.524. The third-order valence-corrected chi connectivity index (χ3v) is 2.88. The van der Waals surface area contributed by atoms with Crippen LogP contribution in [0.2, 0.25) is 0 Å². The van der Waals surface area contributed by atoms with Crippen LogP contribution < -0.4 is 0 Å². The van der Waals surface area contributed by atoms with Crippen molar-refractivity contribution in [3.05, 3.63) is 85.9 Å². The van der Waals surface area contributed by atoms with Crippen molar-refractivity contribution in [1.82, 2.24) is 9.97 Å². The van der Waals surface area contributed by atoms with Crippen LogP contribution in [-0.2, 0) is 0 Å². The zero-order valence-corrected chi connectivity index (χ0v) is 14.2. The molecular weight excluding hydrogens is 299 g/mol. The molecule has 0 radical (unpaired) electrons. The highest BCUT2D eigenvalue weighted by Gasteiger charge is 2.02. The average Bonchev–Trinajstić information content (AvgIpc) is 2.63. The molecule has 1 heterocycles. The largest absolute Gasteiger partial charge is 0.252 e. The van der Waals surface area contributed by atoms with Gasteiger partial charge in [0, 0.05) is 5.56 Å². The molecule has 0 aliphatic carbocycles. The molecule has 3 heteroatoms. The first-order valence-corrected chi connectivity index (χ1v) is 7.81. The molecule has 0 bridgehead atoms. The Kier molecular flexibility index (Phi) is 8.69. The molecule has 0 aliphatic rings. The Hall–Kier alpha value is -2.81. The average molecular weight is 322 g/mol. The molecule has 0 saturated heterocycles. The summed E-state index contributed by atoms with van der Waals surface area (Å²) in [6.45, 7) is 10.8. The number of allylic oxidation sites excluding steroid dienone is 2. The van der Waals surface area contributed by atoms with E-state index in [1.165, 1.54) is 12.1 Å². The fraction of sp³-hybridized carbons (Fsp3) is 0.143. The summed E-state index contributed by atoms with van der Waals surface area (Å²) in [5.74, 6) is -0.248. The Morgan fingerprint density at radius 1 is 1.00 bits per heavy atom. The van der Waals surface area contributed by atoms with Gasteiger partial charge in [-0.3, -0.25) is 4.98 Å². The molecule has 0 amide bonds. The molecule has 0 spiro atoms. The first-order valence-electron chi connectivity index (χ1n) is 7.81. The molecule has 2 nitrogen and oxygen atoms in total. The Labute approximate surface area is 143 Å². The van der Waals surface area contributed by atoms with Crippen LogP contribution in [0, 0.1) is 5.82 Å². The van der Waals surface area contributed by atoms with Crippen molar-refractivity contribution >= 4 is 11.0 Å². The monoisotopic (exact) mass is 322 g/mol. The van der Waals surface area contributed by atoms with Crippen LogP contribution >= 0.6 is 0 Å². The molecule has 0 aliphatic heterocycles. The maximum atomic E-state index is 12.8. The van der Waals surface area contributed by atoms with Gasteiger partial charge in [0.25, 0.3) is 0 Å². The highest BCUT2D eigenvalue weighted by molar-refractivity contribution is 5.76. The fourth-order valence-corrected chi connectivity index (χ4v) is 1.72. The van der Waals surface area contributed by atoms with Gasteiger partial charge in [-0.2, -0.15) is 0 Å². The second-order valence-corrected chi connectivity index (χ2v) is 4.86. The second kappa shape index (κ2) is 10.8. The number of benzene rings is 2. The Balaban J connectivity index is 0.000000355. The summed E-state index contributed by atoms with van der Waals surface area (Å²) in [6, 6.07) is 13.9. The zero-order chi connectivity index (χ0) is 17.8. The SMILES string of the molecule is C=CC.C=CCC.Fc1ccc(-c2cnc3ccccc3n2)cc1. The van der Waals surface area contributed by atoms with Crippen molar-refractivity contribution in [2.75, 3.05) is 0 Å². The summed E-state index contributed by atoms with van der Waals surface area (Å²) in [4.78, 5) is 8.81. The molecule has 24 heavy (non-hydrogen) atoms. The summed E-state index contributed by atoms with van der Waals surface area (Å²) in [6.07, 6.45) is 6.41. The van der Waals surface area contributed by atoms with Gasteiger partial charge in [-0.15, -0.1) is 13.2 Å². The summed E-state index contributed by atoms with van der Waals surface area (Å²) < 4.78 is 12.8. The summed E-state index contributed by atoms with van der Waals surface area (Å²) >= 11 is 0. The molecule has 1 aromatic heterocycles. The molecule has 0 saturated carbocycles. The molecule has 3 rings (SSSR count). The maximum absolute atomic E-state index is 12.8. The van der Waals surface area contributed by atoms with E-state index in [2.05, 4.69) is 30.0 Å². The lowest BCUT2D eigenvalue weighted by Crippen LogP contribution is -1.88. The smallest absolute Gasteiger partial charge is 0.123 e. The number of para-hydroxylation sites is 2. The standard InChI is InChI=1S/C14H9FN2.C4H8.C3H6/c15-11-7-5-10(6-8-11)14-9-16-12-3-1-2-4-13(12)17-14;1-3-4-2;1-3-2/h1-9H;3H,1,4H2,2H3;3H,1H2,2H3. The lowest BCUT2D eigenvalue weighted by Gasteiger charge is -2.02. The van der Waals surface area contributed by atoms with Crippen molar-refractivity contribution in [3.8, 4) is 11.3 Å². The molecule has 0 atom stereocenters. The number of nitrogens with zero attached hydrogens (tertiary/aromatic N) is 2. The molecule has 0 fully saturated rings. The number of fused-ring (bicyclic) bond motifs is 1. The normalized spacial score (nSPS) is 9.12. The van der Waals surface area contributed by atoms with Crippen molar-refractivity contribution in [2.24, 2.45) is 0 Å². The van der Waals surface area contributed by atoms with E-state index < -0.39 is 0 Å². The van der Waals surface area contributed by atoms with Crippen molar-refractivity contribution in [2.45, 2.75) is 20.3 Å². The third kappa shape index (κ3) is 6.13. The minimum Gasteiger partial charge on any atom is -0.252 e. The number of aromatic nitrogens is 2. The van der Waals surface area contributed by atoms with E-state index in [9.17, 15) is 4.39 Å². The Morgan fingerprint density at radius 3 is 2.08 bits per heavy atom. The molecule has 3 aromatic rings. The molecule has 2 aromatic carbocycles. The topological polar surface area (TPSA) is 25.8 Å². The maximum Gasteiger partial charge on any atom is 0.123 e. The highest BCUT2D eigenvalue weighted by Crippen LogP contribution is 2.19. The summed E-state index contributed by atoms with van der Waals surface area (Å²) in [5.41, 5.74) is 3.32. The number of rotatable bonds is 2. The zero-order valence-electron chi connectivity index (χ0n) is 14.2. The fourth-order valence-electron chi connectivity index (χ4n) is 1.72. The van der Waals surface area contributed by atoms with Crippen LogP contribution in [0.25, 0.3) is 22.3 Å². The van der Waals surface area contributed by atoms with Crippen LogP contribution in [-0.4, -0.2) is 9.97 Å². The summed E-state index contributed by atoms with van der Waals surface area (Å²) in [7, 11) is 0. The Bertz CT molecular complexity index is 764. The van der Waals surface area contributed by atoms with Crippen molar-refractivity contribution in [1.29, 1.82) is 0 Å². The molecule has 124 valence electrons. The van der Waals surface area contributed by atoms with E-state index in [-0.39, 0.29) is 5.82 Å². The van der Waals surface area contributed by atoms with Gasteiger partial charge in [0.05, 0.1) is 22.9 Å². The van der Waals surface area contributed by atoms with Gasteiger partial charge in [-0.05, 0) is 49.7 Å². The van der Waals surface area contributed by atoms with Crippen molar-refractivity contribution < 1.29 is 4.39 Å². The predicted molar refractivity (Wildman–Crippen MR) is 101 cm³/mol. The third-order valence-electron chi connectivity index (χ3n) is 2.88. The van der Waals surface area contributed by atoms with Crippen molar-refractivity contribution in [3.63, 3.8) is 0 Å². The summed E-state index contributed by atoms with van der Waals surface area (Å²) in [5, 5.41) is 0. The molecular formula is C21H23FN2. The Morgan fingerprint density at radius 2 is 1.54 bits per heavy atom. The van der Waals surface area contributed by atoms with Gasteiger partial charge in [0.15, 0.2) is 0 Å². The van der Waals surface area contributed by atoms with Crippen LogP contribution in [0.4, 0.5) is 4.39 Å². The van der Waals surface area contributed by atoms with Gasteiger partial charge >= 0.3 is 0 Å². The van der Waals surface area contributed by atoms with Crippen LogP contribution in [0.15, 0.2) is 80.0 Å². The van der Waals surface area contributed by atoms with Gasteiger partial charge in [-0.1, -0.05) is 31.2 Å². The van der Waals surface area contributed by atoms with E-state index in [4.69, 9.17) is 0 Å². The molecule has 0 unspecified atom stereocenters. The van der Waals surface area contributed by atoms with Crippen LogP contribution in [0.1, 0.15) is 20.3 Å². The first-order chi connectivity index (χ1) is 11.7. The number of halogens is 1. The number of hydrogen-bond donors (Lipinski definition) is 0. The molecule has 0 N–H and O–H groups in total. The van der Waals surface area contributed by atoms with E-state index >= 15 is 0 Å². The van der Waals surface area contributed by atoms with Crippen LogP contribution in [0.3, 0.4) is 0 Å². The number of hydrogen-bond acceptors (Lipinski definition) is 2. The van der Waals surface area contributed by atoms with Gasteiger partial charge in [0.1, 0.15) is 5.82 Å². The van der Waals surface area contributed by atoms with E-state index in [1.54, 1.807) is 24.4 Å². The van der Waals surface area contributed by atoms with E-state index in [0.29, 0.717) is 0 Å². The minimum absolute atomic E-state index is 0.248. The lowest BCUT2D eigenvalue weighted by atomic mass is 10.1. The van der Waals surface area contributed by atoms with Gasteiger partial charge in [-0.25, -0.2) is 9.37 Å². The second-order valence-electron chi connectivity index (χ2n) is 4.86. The lowest BCUT2D eigenvalue weighted by molar-refractivity contribution is 0.628. The minimum atomic E-state index is -0.248. The highest BCUT2D eigenvalue weighted by atomic mass is 19.1. The van der Waals surface area contributed by atoms with Gasteiger partial charge < -0.3 is 0 Å². The van der Waals surface area contributed by atoms with E-state index in [0.717, 1.165) is 28.7 Å². The van der Waals surface area contributed by atoms with E-state index in [1.807, 2.05) is 37.3 Å². The first kappa shape index (κ1) is 19.2. The van der Waals surface area contributed by atoms with Crippen LogP contribution in [0.5, 0.6) is 0 Å².